The molecule has 2 aromatic carbocycles. The summed E-state index contributed by atoms with van der Waals surface area (Å²) in [4.78, 5) is 2.53. The molecule has 1 N–H and O–H groups in total. The highest BCUT2D eigenvalue weighted by molar-refractivity contribution is 5.33. The van der Waals surface area contributed by atoms with Crippen LogP contribution in [0.3, 0.4) is 0 Å². The lowest BCUT2D eigenvalue weighted by atomic mass is 9.95. The molecule has 29 heavy (non-hydrogen) atoms. The first kappa shape index (κ1) is 18.3. The van der Waals surface area contributed by atoms with Gasteiger partial charge in [-0.25, -0.2) is 0 Å². The van der Waals surface area contributed by atoms with Crippen molar-refractivity contribution in [2.24, 2.45) is 0 Å². The standard InChI is InChI=1S/C23H27N5O/c1-2-6-20(7-3-1)29-21-8-4-5-18(15-21)17-27-12-9-19(10-13-27)23-26-25-22-16-24-11-14-28(22)23/h1-8,15,19,24H,9-14,16-17H2. The van der Waals surface area contributed by atoms with Crippen molar-refractivity contribution >= 4 is 0 Å². The largest absolute Gasteiger partial charge is 0.457 e. The molecule has 0 spiro atoms. The maximum atomic E-state index is 5.99. The molecule has 0 atom stereocenters. The molecule has 150 valence electrons. The number of nitrogens with zero attached hydrogens (tertiary/aromatic N) is 4. The molecule has 3 aromatic rings. The van der Waals surface area contributed by atoms with Gasteiger partial charge in [-0.15, -0.1) is 10.2 Å². The van der Waals surface area contributed by atoms with E-state index in [0.717, 1.165) is 69.4 Å². The Bertz CT molecular complexity index is 947. The number of fused-ring (bicyclic) bond motifs is 1. The molecule has 0 amide bonds. The summed E-state index contributed by atoms with van der Waals surface area (Å²) in [5.41, 5.74) is 1.29. The molecule has 0 bridgehead atoms. The van der Waals surface area contributed by atoms with Crippen molar-refractivity contribution < 1.29 is 4.74 Å². The van der Waals surface area contributed by atoms with Crippen LogP contribution in [0.1, 0.15) is 36.0 Å². The molecular weight excluding hydrogens is 362 g/mol. The fourth-order valence-electron chi connectivity index (χ4n) is 4.36. The molecule has 0 aliphatic carbocycles. The van der Waals surface area contributed by atoms with Crippen LogP contribution >= 0.6 is 0 Å². The van der Waals surface area contributed by atoms with Crippen molar-refractivity contribution in [1.82, 2.24) is 25.0 Å². The summed E-state index contributed by atoms with van der Waals surface area (Å²) in [6, 6.07) is 18.4. The number of hydrogen-bond donors (Lipinski definition) is 1. The van der Waals surface area contributed by atoms with Gasteiger partial charge in [-0.05, 0) is 55.8 Å². The number of ether oxygens (including phenoxy) is 1. The minimum absolute atomic E-state index is 0.526. The van der Waals surface area contributed by atoms with Gasteiger partial charge < -0.3 is 14.6 Å². The molecule has 6 heteroatoms. The van der Waals surface area contributed by atoms with Gasteiger partial charge in [-0.1, -0.05) is 30.3 Å². The minimum Gasteiger partial charge on any atom is -0.457 e. The maximum Gasteiger partial charge on any atom is 0.147 e. The molecule has 1 fully saturated rings. The lowest BCUT2D eigenvalue weighted by molar-refractivity contribution is 0.199. The molecule has 5 rings (SSSR count). The van der Waals surface area contributed by atoms with E-state index < -0.39 is 0 Å². The summed E-state index contributed by atoms with van der Waals surface area (Å²) in [5, 5.41) is 12.3. The molecule has 0 saturated carbocycles. The van der Waals surface area contributed by atoms with Crippen LogP contribution in [0.2, 0.25) is 0 Å². The zero-order valence-corrected chi connectivity index (χ0v) is 16.6. The van der Waals surface area contributed by atoms with Gasteiger partial charge in [0, 0.05) is 25.6 Å². The molecule has 1 aromatic heterocycles. The van der Waals surface area contributed by atoms with E-state index in [4.69, 9.17) is 4.74 Å². The van der Waals surface area contributed by atoms with E-state index in [0.29, 0.717) is 5.92 Å². The van der Waals surface area contributed by atoms with Crippen LogP contribution in [0.25, 0.3) is 0 Å². The first-order valence-electron chi connectivity index (χ1n) is 10.5. The Hall–Kier alpha value is -2.70. The molecule has 3 heterocycles. The van der Waals surface area contributed by atoms with Crippen LogP contribution in [0.4, 0.5) is 0 Å². The van der Waals surface area contributed by atoms with E-state index in [-0.39, 0.29) is 0 Å². The summed E-state index contributed by atoms with van der Waals surface area (Å²) >= 11 is 0. The van der Waals surface area contributed by atoms with Crippen molar-refractivity contribution in [2.45, 2.75) is 38.4 Å². The number of benzene rings is 2. The molecule has 6 nitrogen and oxygen atoms in total. The Morgan fingerprint density at radius 2 is 1.76 bits per heavy atom. The van der Waals surface area contributed by atoms with Gasteiger partial charge in [-0.3, -0.25) is 4.90 Å². The second kappa shape index (κ2) is 8.35. The fraction of sp³-hybridized carbons (Fsp3) is 0.391. The Balaban J connectivity index is 1.19. The summed E-state index contributed by atoms with van der Waals surface area (Å²) in [7, 11) is 0. The fourth-order valence-corrected chi connectivity index (χ4v) is 4.36. The van der Waals surface area contributed by atoms with Gasteiger partial charge in [0.1, 0.15) is 23.1 Å². The monoisotopic (exact) mass is 389 g/mol. The van der Waals surface area contributed by atoms with Crippen molar-refractivity contribution in [3.05, 3.63) is 71.8 Å². The number of para-hydroxylation sites is 1. The summed E-state index contributed by atoms with van der Waals surface area (Å²) < 4.78 is 8.32. The number of piperidine rings is 1. The number of likely N-dealkylation sites (tertiary alicyclic amines) is 1. The van der Waals surface area contributed by atoms with Gasteiger partial charge in [0.25, 0.3) is 0 Å². The highest BCUT2D eigenvalue weighted by atomic mass is 16.5. The maximum absolute atomic E-state index is 5.99. The highest BCUT2D eigenvalue weighted by Gasteiger charge is 2.27. The van der Waals surface area contributed by atoms with Gasteiger partial charge >= 0.3 is 0 Å². The zero-order chi connectivity index (χ0) is 19.5. The predicted octanol–water partition coefficient (Wildman–Crippen LogP) is 3.55. The van der Waals surface area contributed by atoms with Gasteiger partial charge in [-0.2, -0.15) is 0 Å². The van der Waals surface area contributed by atoms with Crippen LogP contribution in [-0.2, 0) is 19.6 Å². The summed E-state index contributed by atoms with van der Waals surface area (Å²) in [6.45, 7) is 5.99. The molecule has 2 aliphatic heterocycles. The molecule has 1 saturated heterocycles. The van der Waals surface area contributed by atoms with Crippen molar-refractivity contribution in [3.63, 3.8) is 0 Å². The third-order valence-corrected chi connectivity index (χ3v) is 5.89. The van der Waals surface area contributed by atoms with Crippen molar-refractivity contribution in [1.29, 1.82) is 0 Å². The van der Waals surface area contributed by atoms with E-state index in [1.54, 1.807) is 0 Å². The Kier molecular flexibility index (Phi) is 5.28. The second-order valence-electron chi connectivity index (χ2n) is 7.92. The van der Waals surface area contributed by atoms with E-state index in [1.807, 2.05) is 36.4 Å². The lowest BCUT2D eigenvalue weighted by Crippen LogP contribution is -2.34. The van der Waals surface area contributed by atoms with Crippen LogP contribution in [-0.4, -0.2) is 39.3 Å². The second-order valence-corrected chi connectivity index (χ2v) is 7.92. The van der Waals surface area contributed by atoms with Crippen LogP contribution in [0.5, 0.6) is 11.5 Å². The molecule has 0 radical (unpaired) electrons. The van der Waals surface area contributed by atoms with Crippen LogP contribution < -0.4 is 10.1 Å². The highest BCUT2D eigenvalue weighted by Crippen LogP contribution is 2.29. The first-order chi connectivity index (χ1) is 14.3. The Morgan fingerprint density at radius 1 is 0.931 bits per heavy atom. The van der Waals surface area contributed by atoms with E-state index in [2.05, 4.69) is 43.2 Å². The first-order valence-corrected chi connectivity index (χ1v) is 10.5. The SMILES string of the molecule is c1ccc(Oc2cccc(CN3CCC(c4nnc5n4CCNC5)CC3)c2)cc1. The van der Waals surface area contributed by atoms with Gasteiger partial charge in [0.15, 0.2) is 0 Å². The van der Waals surface area contributed by atoms with Crippen molar-refractivity contribution in [3.8, 4) is 11.5 Å². The number of nitrogens with one attached hydrogen (secondary N) is 1. The number of rotatable bonds is 5. The van der Waals surface area contributed by atoms with Gasteiger partial charge in [0.2, 0.25) is 0 Å². The summed E-state index contributed by atoms with van der Waals surface area (Å²) in [5.74, 6) is 4.58. The summed E-state index contributed by atoms with van der Waals surface area (Å²) in [6.07, 6.45) is 2.29. The van der Waals surface area contributed by atoms with E-state index in [9.17, 15) is 0 Å². The van der Waals surface area contributed by atoms with Crippen LogP contribution in [0, 0.1) is 0 Å². The average molecular weight is 390 g/mol. The van der Waals surface area contributed by atoms with E-state index in [1.165, 1.54) is 11.4 Å². The molecule has 2 aliphatic rings. The normalized spacial score (nSPS) is 17.8. The third kappa shape index (κ3) is 4.18. The minimum atomic E-state index is 0.526. The van der Waals surface area contributed by atoms with Crippen LogP contribution in [0.15, 0.2) is 54.6 Å². The Morgan fingerprint density at radius 3 is 2.62 bits per heavy atom. The van der Waals surface area contributed by atoms with E-state index >= 15 is 0 Å². The predicted molar refractivity (Wildman–Crippen MR) is 112 cm³/mol. The molecular formula is C23H27N5O. The quantitative estimate of drug-likeness (QED) is 0.723. The smallest absolute Gasteiger partial charge is 0.147 e. The Labute approximate surface area is 171 Å². The van der Waals surface area contributed by atoms with Crippen molar-refractivity contribution in [2.75, 3.05) is 19.6 Å². The third-order valence-electron chi connectivity index (χ3n) is 5.89. The van der Waals surface area contributed by atoms with Gasteiger partial charge in [0.05, 0.1) is 6.54 Å². The molecule has 0 unspecified atom stereocenters. The lowest BCUT2D eigenvalue weighted by Gasteiger charge is -2.32. The zero-order valence-electron chi connectivity index (χ0n) is 16.6. The average Bonchev–Trinajstić information content (AvgIpc) is 3.20. The number of aromatic nitrogens is 3. The topological polar surface area (TPSA) is 55.2 Å². The number of hydrogen-bond acceptors (Lipinski definition) is 5.